The van der Waals surface area contributed by atoms with Gasteiger partial charge in [-0.05, 0) is 31.5 Å². The van der Waals surface area contributed by atoms with E-state index in [-0.39, 0.29) is 18.2 Å². The van der Waals surface area contributed by atoms with Gasteiger partial charge in [0.1, 0.15) is 0 Å². The van der Waals surface area contributed by atoms with Crippen LogP contribution in [0.1, 0.15) is 26.3 Å². The van der Waals surface area contributed by atoms with Crippen molar-refractivity contribution in [3.63, 3.8) is 0 Å². The van der Waals surface area contributed by atoms with Crippen molar-refractivity contribution < 1.29 is 13.2 Å². The second kappa shape index (κ2) is 6.91. The maximum Gasteiger partial charge on any atom is 0.230 e. The van der Waals surface area contributed by atoms with Gasteiger partial charge in [-0.15, -0.1) is 0 Å². The van der Waals surface area contributed by atoms with E-state index >= 15 is 0 Å². The van der Waals surface area contributed by atoms with E-state index in [2.05, 4.69) is 10.0 Å². The first-order valence-corrected chi connectivity index (χ1v) is 8.46. The molecule has 0 saturated heterocycles. The molecule has 1 aromatic rings. The molecule has 7 heteroatoms. The number of nitrogens with one attached hydrogen (secondary N) is 2. The van der Waals surface area contributed by atoms with Crippen LogP contribution in [0.5, 0.6) is 0 Å². The molecule has 1 amide bonds. The molecule has 0 atom stereocenters. The molecule has 0 heterocycles. The number of hydrogen-bond acceptors (Lipinski definition) is 4. The number of sulfonamides is 1. The minimum Gasteiger partial charge on any atom is -0.399 e. The molecular weight excluding hydrogens is 290 g/mol. The molecule has 118 valence electrons. The third-order valence-electron chi connectivity index (χ3n) is 3.22. The van der Waals surface area contributed by atoms with E-state index in [1.54, 1.807) is 45.0 Å². The number of anilines is 1. The fourth-order valence-corrected chi connectivity index (χ4v) is 2.80. The average molecular weight is 313 g/mol. The van der Waals surface area contributed by atoms with E-state index < -0.39 is 15.4 Å². The second-order valence-electron chi connectivity index (χ2n) is 5.32. The van der Waals surface area contributed by atoms with Crippen molar-refractivity contribution in [2.24, 2.45) is 0 Å². The molecule has 0 bridgehead atoms. The molecule has 0 aliphatic rings. The summed E-state index contributed by atoms with van der Waals surface area (Å²) in [4.78, 5) is 12.2. The van der Waals surface area contributed by atoms with Gasteiger partial charge in [0.15, 0.2) is 0 Å². The average Bonchev–Trinajstić information content (AvgIpc) is 2.38. The zero-order chi connectivity index (χ0) is 16.1. The quantitative estimate of drug-likeness (QED) is 0.642. The molecule has 21 heavy (non-hydrogen) atoms. The van der Waals surface area contributed by atoms with Gasteiger partial charge in [0.25, 0.3) is 0 Å². The highest BCUT2D eigenvalue weighted by Crippen LogP contribution is 2.24. The maximum absolute atomic E-state index is 12.2. The van der Waals surface area contributed by atoms with E-state index in [4.69, 9.17) is 5.73 Å². The van der Waals surface area contributed by atoms with Gasteiger partial charge in [-0.2, -0.15) is 0 Å². The zero-order valence-corrected chi connectivity index (χ0v) is 13.5. The van der Waals surface area contributed by atoms with Crippen LogP contribution in [0, 0.1) is 0 Å². The van der Waals surface area contributed by atoms with Crippen molar-refractivity contribution in [2.75, 3.05) is 24.6 Å². The van der Waals surface area contributed by atoms with Crippen LogP contribution in [-0.2, 0) is 20.2 Å². The lowest BCUT2D eigenvalue weighted by molar-refractivity contribution is -0.125. The molecule has 6 nitrogen and oxygen atoms in total. The molecule has 4 N–H and O–H groups in total. The molecule has 0 aromatic heterocycles. The van der Waals surface area contributed by atoms with Crippen LogP contribution in [0.2, 0.25) is 0 Å². The molecular formula is C14H23N3O3S. The minimum absolute atomic E-state index is 0.0760. The Morgan fingerprint density at radius 2 is 1.81 bits per heavy atom. The second-order valence-corrected chi connectivity index (χ2v) is 7.25. The van der Waals surface area contributed by atoms with E-state index in [1.165, 1.54) is 0 Å². The minimum atomic E-state index is -3.32. The molecule has 1 rings (SSSR count). The summed E-state index contributed by atoms with van der Waals surface area (Å²) in [6, 6.07) is 7.06. The highest BCUT2D eigenvalue weighted by Gasteiger charge is 2.29. The predicted octanol–water partition coefficient (Wildman–Crippen LogP) is 0.602. The Kier molecular flexibility index (Phi) is 5.74. The lowest BCUT2D eigenvalue weighted by atomic mass is 9.83. The molecule has 0 radical (unpaired) electrons. The number of benzene rings is 1. The monoisotopic (exact) mass is 313 g/mol. The molecule has 0 aliphatic heterocycles. The third kappa shape index (κ3) is 5.02. The predicted molar refractivity (Wildman–Crippen MR) is 84.4 cm³/mol. The summed E-state index contributed by atoms with van der Waals surface area (Å²) < 4.78 is 25.4. The molecule has 0 fully saturated rings. The first-order chi connectivity index (χ1) is 9.69. The number of nitrogen functional groups attached to an aromatic ring is 1. The van der Waals surface area contributed by atoms with Crippen molar-refractivity contribution in [3.8, 4) is 0 Å². The van der Waals surface area contributed by atoms with Gasteiger partial charge in [-0.1, -0.05) is 19.1 Å². The summed E-state index contributed by atoms with van der Waals surface area (Å²) in [5, 5.41) is 2.66. The zero-order valence-electron chi connectivity index (χ0n) is 12.6. The fraction of sp³-hybridized carbons (Fsp3) is 0.500. The van der Waals surface area contributed by atoms with Crippen LogP contribution in [0.3, 0.4) is 0 Å². The van der Waals surface area contributed by atoms with Crippen LogP contribution >= 0.6 is 0 Å². The molecule has 0 aliphatic carbocycles. The Balaban J connectivity index is 2.64. The van der Waals surface area contributed by atoms with Crippen LogP contribution in [0.4, 0.5) is 5.69 Å². The van der Waals surface area contributed by atoms with Crippen LogP contribution in [0.15, 0.2) is 24.3 Å². The lowest BCUT2D eigenvalue weighted by Gasteiger charge is -2.24. The Hall–Kier alpha value is -1.60. The summed E-state index contributed by atoms with van der Waals surface area (Å²) in [7, 11) is -3.32. The van der Waals surface area contributed by atoms with E-state index in [9.17, 15) is 13.2 Å². The molecule has 1 aromatic carbocycles. The van der Waals surface area contributed by atoms with Crippen molar-refractivity contribution in [1.29, 1.82) is 0 Å². The summed E-state index contributed by atoms with van der Waals surface area (Å²) >= 11 is 0. The van der Waals surface area contributed by atoms with Crippen LogP contribution in [-0.4, -0.2) is 33.2 Å². The van der Waals surface area contributed by atoms with E-state index in [0.29, 0.717) is 12.2 Å². The first-order valence-electron chi connectivity index (χ1n) is 6.80. The molecule has 0 spiro atoms. The van der Waals surface area contributed by atoms with Crippen molar-refractivity contribution >= 4 is 21.6 Å². The Labute approximate surface area is 126 Å². The SMILES string of the molecule is CCNS(=O)(=O)CCNC(=O)C(C)(C)c1ccc(N)cc1. The molecule has 0 unspecified atom stereocenters. The molecule has 0 saturated carbocycles. The van der Waals surface area contributed by atoms with E-state index in [0.717, 1.165) is 5.56 Å². The van der Waals surface area contributed by atoms with Crippen molar-refractivity contribution in [1.82, 2.24) is 10.0 Å². The number of amides is 1. The smallest absolute Gasteiger partial charge is 0.230 e. The number of carbonyl (C=O) groups excluding carboxylic acids is 1. The largest absolute Gasteiger partial charge is 0.399 e. The number of nitrogens with two attached hydrogens (primary N) is 1. The van der Waals surface area contributed by atoms with Crippen LogP contribution < -0.4 is 15.8 Å². The Morgan fingerprint density at radius 3 is 2.33 bits per heavy atom. The first kappa shape index (κ1) is 17.5. The van der Waals surface area contributed by atoms with Gasteiger partial charge < -0.3 is 11.1 Å². The normalized spacial score (nSPS) is 12.1. The summed E-state index contributed by atoms with van der Waals surface area (Å²) in [5.74, 6) is -0.358. The highest BCUT2D eigenvalue weighted by atomic mass is 32.2. The van der Waals surface area contributed by atoms with Gasteiger partial charge in [-0.25, -0.2) is 13.1 Å². The van der Waals surface area contributed by atoms with Gasteiger partial charge in [-0.3, -0.25) is 4.79 Å². The van der Waals surface area contributed by atoms with Gasteiger partial charge in [0.2, 0.25) is 15.9 Å². The summed E-state index contributed by atoms with van der Waals surface area (Å²) in [5.41, 5.74) is 6.33. The highest BCUT2D eigenvalue weighted by molar-refractivity contribution is 7.89. The van der Waals surface area contributed by atoms with E-state index in [1.807, 2.05) is 0 Å². The topological polar surface area (TPSA) is 101 Å². The van der Waals surface area contributed by atoms with Crippen molar-refractivity contribution in [2.45, 2.75) is 26.2 Å². The lowest BCUT2D eigenvalue weighted by Crippen LogP contribution is -2.43. The summed E-state index contributed by atoms with van der Waals surface area (Å²) in [6.07, 6.45) is 0. The summed E-state index contributed by atoms with van der Waals surface area (Å²) in [6.45, 7) is 5.69. The number of carbonyl (C=O) groups is 1. The fourth-order valence-electron chi connectivity index (χ4n) is 1.84. The maximum atomic E-state index is 12.2. The standard InChI is InChI=1S/C14H23N3O3S/c1-4-17-21(19,20)10-9-16-13(18)14(2,3)11-5-7-12(15)8-6-11/h5-8,17H,4,9-10,15H2,1-3H3,(H,16,18). The van der Waals surface area contributed by atoms with Gasteiger partial charge in [0.05, 0.1) is 11.2 Å². The van der Waals surface area contributed by atoms with Gasteiger partial charge >= 0.3 is 0 Å². The Morgan fingerprint density at radius 1 is 1.24 bits per heavy atom. The number of rotatable bonds is 7. The van der Waals surface area contributed by atoms with Crippen LogP contribution in [0.25, 0.3) is 0 Å². The third-order valence-corrected chi connectivity index (χ3v) is 4.69. The van der Waals surface area contributed by atoms with Gasteiger partial charge in [0, 0.05) is 18.8 Å². The Bertz CT molecular complexity index is 580. The number of hydrogen-bond donors (Lipinski definition) is 3. The van der Waals surface area contributed by atoms with Crippen molar-refractivity contribution in [3.05, 3.63) is 29.8 Å².